The molecule has 0 aliphatic heterocycles. The molecule has 4 heteroatoms. The predicted octanol–water partition coefficient (Wildman–Crippen LogP) is 2.94. The van der Waals surface area contributed by atoms with Crippen LogP contribution >= 0.6 is 11.8 Å². The van der Waals surface area contributed by atoms with Crippen LogP contribution in [0.1, 0.15) is 12.5 Å². The molecular weight excluding hydrogens is 220 g/mol. The number of hydrogen-bond donors (Lipinski definition) is 1. The Morgan fingerprint density at radius 2 is 2.25 bits per heavy atom. The summed E-state index contributed by atoms with van der Waals surface area (Å²) in [7, 11) is 0. The van der Waals surface area contributed by atoms with Crippen LogP contribution in [0.25, 0.3) is 0 Å². The molecule has 16 heavy (non-hydrogen) atoms. The summed E-state index contributed by atoms with van der Waals surface area (Å²) in [6.45, 7) is 3.95. The average molecular weight is 234 g/mol. The highest BCUT2D eigenvalue weighted by Gasteiger charge is 2.05. The molecule has 1 heterocycles. The lowest BCUT2D eigenvalue weighted by molar-refractivity contribution is 0.454. The maximum absolute atomic E-state index is 5.23. The van der Waals surface area contributed by atoms with Crippen LogP contribution in [0.4, 0.5) is 0 Å². The fourth-order valence-electron chi connectivity index (χ4n) is 1.36. The summed E-state index contributed by atoms with van der Waals surface area (Å²) >= 11 is 1.55. The van der Waals surface area contributed by atoms with Crippen LogP contribution in [0.15, 0.2) is 51.3 Å². The Kier molecular flexibility index (Phi) is 4.02. The van der Waals surface area contributed by atoms with E-state index in [0.717, 1.165) is 13.1 Å². The Labute approximate surface area is 99.3 Å². The quantitative estimate of drug-likeness (QED) is 0.863. The van der Waals surface area contributed by atoms with Crippen molar-refractivity contribution < 1.29 is 4.42 Å². The molecule has 0 fully saturated rings. The minimum absolute atomic E-state index is 0.684. The van der Waals surface area contributed by atoms with Crippen molar-refractivity contribution in [1.29, 1.82) is 0 Å². The first kappa shape index (κ1) is 11.2. The van der Waals surface area contributed by atoms with Crippen molar-refractivity contribution in [2.24, 2.45) is 0 Å². The Hall–Kier alpha value is -1.26. The highest BCUT2D eigenvalue weighted by atomic mass is 32.2. The zero-order chi connectivity index (χ0) is 11.2. The van der Waals surface area contributed by atoms with Gasteiger partial charge >= 0.3 is 0 Å². The lowest BCUT2D eigenvalue weighted by atomic mass is 10.2. The summed E-state index contributed by atoms with van der Waals surface area (Å²) in [5.41, 5.74) is 1.27. The van der Waals surface area contributed by atoms with E-state index in [4.69, 9.17) is 4.42 Å². The number of oxazole rings is 1. The zero-order valence-corrected chi connectivity index (χ0v) is 9.96. The van der Waals surface area contributed by atoms with E-state index >= 15 is 0 Å². The SMILES string of the molecule is CCNCc1ccccc1Sc1ncco1. The van der Waals surface area contributed by atoms with Crippen LogP contribution in [0.3, 0.4) is 0 Å². The van der Waals surface area contributed by atoms with Crippen molar-refractivity contribution >= 4 is 11.8 Å². The van der Waals surface area contributed by atoms with Gasteiger partial charge in [0.05, 0.1) is 6.20 Å². The van der Waals surface area contributed by atoms with Crippen molar-refractivity contribution in [3.05, 3.63) is 42.3 Å². The van der Waals surface area contributed by atoms with Gasteiger partial charge in [0.25, 0.3) is 5.22 Å². The second-order valence-electron chi connectivity index (χ2n) is 3.29. The van der Waals surface area contributed by atoms with E-state index < -0.39 is 0 Å². The minimum atomic E-state index is 0.684. The van der Waals surface area contributed by atoms with Crippen LogP contribution in [-0.2, 0) is 6.54 Å². The maximum Gasteiger partial charge on any atom is 0.260 e. The number of nitrogens with one attached hydrogen (secondary N) is 1. The normalized spacial score (nSPS) is 10.6. The summed E-state index contributed by atoms with van der Waals surface area (Å²) in [4.78, 5) is 5.29. The first-order valence-corrected chi connectivity index (χ1v) is 6.07. The van der Waals surface area contributed by atoms with Gasteiger partial charge in [0.15, 0.2) is 0 Å². The molecule has 1 aromatic heterocycles. The summed E-state index contributed by atoms with van der Waals surface area (Å²) in [5.74, 6) is 0. The lowest BCUT2D eigenvalue weighted by Gasteiger charge is -2.07. The molecule has 0 amide bonds. The third-order valence-electron chi connectivity index (χ3n) is 2.14. The number of hydrogen-bond acceptors (Lipinski definition) is 4. The molecule has 0 unspecified atom stereocenters. The van der Waals surface area contributed by atoms with Crippen molar-refractivity contribution in [3.8, 4) is 0 Å². The summed E-state index contributed by atoms with van der Waals surface area (Å²) in [6.07, 6.45) is 3.25. The van der Waals surface area contributed by atoms with Gasteiger partial charge in [0.2, 0.25) is 0 Å². The van der Waals surface area contributed by atoms with E-state index in [1.165, 1.54) is 10.5 Å². The van der Waals surface area contributed by atoms with Gasteiger partial charge in [0.1, 0.15) is 6.26 Å². The minimum Gasteiger partial charge on any atom is -0.440 e. The second-order valence-corrected chi connectivity index (χ2v) is 4.28. The van der Waals surface area contributed by atoms with Gasteiger partial charge in [-0.1, -0.05) is 25.1 Å². The topological polar surface area (TPSA) is 38.1 Å². The number of rotatable bonds is 5. The zero-order valence-electron chi connectivity index (χ0n) is 9.14. The molecular formula is C12H14N2OS. The van der Waals surface area contributed by atoms with E-state index in [2.05, 4.69) is 29.4 Å². The molecule has 0 atom stereocenters. The molecule has 0 aliphatic carbocycles. The largest absolute Gasteiger partial charge is 0.440 e. The molecule has 0 saturated carbocycles. The Balaban J connectivity index is 2.13. The number of nitrogens with zero attached hydrogens (tertiary/aromatic N) is 1. The van der Waals surface area contributed by atoms with E-state index in [1.807, 2.05) is 12.1 Å². The molecule has 3 nitrogen and oxygen atoms in total. The number of aromatic nitrogens is 1. The average Bonchev–Trinajstić information content (AvgIpc) is 2.81. The Morgan fingerprint density at radius 3 is 3.00 bits per heavy atom. The summed E-state index contributed by atoms with van der Waals surface area (Å²) in [5, 5.41) is 4.00. The van der Waals surface area contributed by atoms with Crippen molar-refractivity contribution in [2.45, 2.75) is 23.6 Å². The van der Waals surface area contributed by atoms with Crippen LogP contribution in [0.2, 0.25) is 0 Å². The van der Waals surface area contributed by atoms with Gasteiger partial charge in [0, 0.05) is 11.4 Å². The Morgan fingerprint density at radius 1 is 1.38 bits per heavy atom. The molecule has 0 spiro atoms. The Bertz CT molecular complexity index is 428. The molecule has 2 aromatic rings. The molecule has 84 valence electrons. The van der Waals surface area contributed by atoms with Crippen molar-refractivity contribution in [1.82, 2.24) is 10.3 Å². The summed E-state index contributed by atoms with van der Waals surface area (Å²) < 4.78 is 5.23. The fraction of sp³-hybridized carbons (Fsp3) is 0.250. The van der Waals surface area contributed by atoms with Gasteiger partial charge in [-0.3, -0.25) is 0 Å². The van der Waals surface area contributed by atoms with Crippen LogP contribution in [0, 0.1) is 0 Å². The molecule has 0 aliphatic rings. The first-order chi connectivity index (χ1) is 7.90. The fourth-order valence-corrected chi connectivity index (χ4v) is 2.19. The second kappa shape index (κ2) is 5.72. The smallest absolute Gasteiger partial charge is 0.260 e. The van der Waals surface area contributed by atoms with Crippen LogP contribution in [-0.4, -0.2) is 11.5 Å². The van der Waals surface area contributed by atoms with E-state index in [-0.39, 0.29) is 0 Å². The molecule has 1 N–H and O–H groups in total. The van der Waals surface area contributed by atoms with Gasteiger partial charge < -0.3 is 9.73 Å². The van der Waals surface area contributed by atoms with E-state index in [1.54, 1.807) is 24.2 Å². The van der Waals surface area contributed by atoms with E-state index in [0.29, 0.717) is 5.22 Å². The van der Waals surface area contributed by atoms with Gasteiger partial charge in [-0.25, -0.2) is 4.98 Å². The van der Waals surface area contributed by atoms with Crippen molar-refractivity contribution in [3.63, 3.8) is 0 Å². The highest BCUT2D eigenvalue weighted by molar-refractivity contribution is 7.99. The van der Waals surface area contributed by atoms with Gasteiger partial charge in [-0.05, 0) is 29.9 Å². The standard InChI is InChI=1S/C12H14N2OS/c1-2-13-9-10-5-3-4-6-11(10)16-12-14-7-8-15-12/h3-8,13H,2,9H2,1H3. The highest BCUT2D eigenvalue weighted by Crippen LogP contribution is 2.28. The molecule has 0 radical (unpaired) electrons. The molecule has 0 saturated heterocycles. The molecule has 2 rings (SSSR count). The van der Waals surface area contributed by atoms with Crippen LogP contribution < -0.4 is 5.32 Å². The summed E-state index contributed by atoms with van der Waals surface area (Å²) in [6, 6.07) is 8.28. The van der Waals surface area contributed by atoms with E-state index in [9.17, 15) is 0 Å². The van der Waals surface area contributed by atoms with Gasteiger partial charge in [-0.2, -0.15) is 0 Å². The monoisotopic (exact) mass is 234 g/mol. The molecule has 1 aromatic carbocycles. The first-order valence-electron chi connectivity index (χ1n) is 5.26. The predicted molar refractivity (Wildman–Crippen MR) is 64.4 cm³/mol. The van der Waals surface area contributed by atoms with Gasteiger partial charge in [-0.15, -0.1) is 0 Å². The van der Waals surface area contributed by atoms with Crippen LogP contribution in [0.5, 0.6) is 0 Å². The maximum atomic E-state index is 5.23. The molecule has 0 bridgehead atoms. The number of benzene rings is 1. The third kappa shape index (κ3) is 2.87. The van der Waals surface area contributed by atoms with Crippen molar-refractivity contribution in [2.75, 3.05) is 6.54 Å². The lowest BCUT2D eigenvalue weighted by Crippen LogP contribution is -2.12. The third-order valence-corrected chi connectivity index (χ3v) is 3.14.